The summed E-state index contributed by atoms with van der Waals surface area (Å²) < 4.78 is 5.33. The number of aliphatic hydroxyl groups is 1. The van der Waals surface area contributed by atoms with E-state index in [1.165, 1.54) is 0 Å². The van der Waals surface area contributed by atoms with Gasteiger partial charge in [-0.05, 0) is 50.5 Å². The second kappa shape index (κ2) is 7.86. The molecule has 0 saturated heterocycles. The largest absolute Gasteiger partial charge is 0.462 e. The molecule has 0 saturated carbocycles. The molecule has 0 amide bonds. The maximum absolute atomic E-state index is 12.7. The fourth-order valence-electron chi connectivity index (χ4n) is 4.17. The zero-order valence-electron chi connectivity index (χ0n) is 16.6. The Morgan fingerprint density at radius 3 is 2.60 bits per heavy atom. The lowest BCUT2D eigenvalue weighted by Crippen LogP contribution is -2.29. The molecular formula is C21H33NO3. The zero-order valence-corrected chi connectivity index (χ0v) is 16.6. The van der Waals surface area contributed by atoms with Crippen LogP contribution in [0.25, 0.3) is 0 Å². The summed E-state index contributed by atoms with van der Waals surface area (Å²) in [5, 5.41) is 10.7. The summed E-state index contributed by atoms with van der Waals surface area (Å²) in [6, 6.07) is 0. The highest BCUT2D eigenvalue weighted by Crippen LogP contribution is 2.43. The van der Waals surface area contributed by atoms with E-state index in [4.69, 9.17) is 9.72 Å². The summed E-state index contributed by atoms with van der Waals surface area (Å²) >= 11 is 0. The van der Waals surface area contributed by atoms with Gasteiger partial charge in [0, 0.05) is 17.2 Å². The molecule has 1 N–H and O–H groups in total. The van der Waals surface area contributed by atoms with Crippen molar-refractivity contribution in [3.05, 3.63) is 28.1 Å². The number of carbonyl (C=O) groups is 1. The van der Waals surface area contributed by atoms with Gasteiger partial charge in [-0.15, -0.1) is 0 Å². The molecule has 2 unspecified atom stereocenters. The number of ether oxygens (including phenoxy) is 1. The molecule has 0 aromatic carbocycles. The number of rotatable bonds is 6. The highest BCUT2D eigenvalue weighted by atomic mass is 16.5. The van der Waals surface area contributed by atoms with Crippen LogP contribution in [-0.4, -0.2) is 22.7 Å². The Hall–Kier alpha value is -1.42. The van der Waals surface area contributed by atoms with Gasteiger partial charge in [-0.1, -0.05) is 34.1 Å². The first-order valence-corrected chi connectivity index (χ1v) is 9.64. The molecular weight excluding hydrogens is 314 g/mol. The molecule has 1 heterocycles. The van der Waals surface area contributed by atoms with Crippen molar-refractivity contribution < 1.29 is 14.6 Å². The summed E-state index contributed by atoms with van der Waals surface area (Å²) in [5.74, 6) is -0.0625. The first kappa shape index (κ1) is 19.9. The summed E-state index contributed by atoms with van der Waals surface area (Å²) in [5.41, 5.74) is 4.12. The van der Waals surface area contributed by atoms with Gasteiger partial charge in [0.05, 0.1) is 24.0 Å². The Kier molecular flexibility index (Phi) is 6.26. The van der Waals surface area contributed by atoms with Crippen molar-refractivity contribution in [2.45, 2.75) is 85.7 Å². The van der Waals surface area contributed by atoms with E-state index in [0.29, 0.717) is 18.6 Å². The lowest BCUT2D eigenvalue weighted by Gasteiger charge is -2.36. The van der Waals surface area contributed by atoms with Crippen molar-refractivity contribution in [1.82, 2.24) is 4.98 Å². The third-order valence-corrected chi connectivity index (χ3v) is 5.32. The van der Waals surface area contributed by atoms with Gasteiger partial charge in [0.15, 0.2) is 0 Å². The van der Waals surface area contributed by atoms with Gasteiger partial charge in [-0.25, -0.2) is 4.79 Å². The SMILES string of the molecule is CCCC(CC)c1nc2c(c(C)c1C(=O)OCC)C(O)CC(C)(C)C2. The molecule has 4 nitrogen and oxygen atoms in total. The third-order valence-electron chi connectivity index (χ3n) is 5.32. The standard InChI is InChI=1S/C21H33NO3/c1-7-10-14(8-2)19-18(20(24)25-9-3)13(4)17-15(22-19)11-21(5,6)12-16(17)23/h14,16,23H,7-12H2,1-6H3. The van der Waals surface area contributed by atoms with E-state index in [1.54, 1.807) is 0 Å². The van der Waals surface area contributed by atoms with Crippen LogP contribution in [0, 0.1) is 12.3 Å². The third kappa shape index (κ3) is 4.05. The van der Waals surface area contributed by atoms with Gasteiger partial charge in [0.25, 0.3) is 0 Å². The first-order valence-electron chi connectivity index (χ1n) is 9.64. The van der Waals surface area contributed by atoms with Crippen molar-refractivity contribution in [2.75, 3.05) is 6.61 Å². The van der Waals surface area contributed by atoms with Gasteiger partial charge >= 0.3 is 5.97 Å². The number of aromatic nitrogens is 1. The molecule has 1 aliphatic carbocycles. The molecule has 2 atom stereocenters. The molecule has 0 bridgehead atoms. The molecule has 0 spiro atoms. The topological polar surface area (TPSA) is 59.4 Å². The van der Waals surface area contributed by atoms with Crippen LogP contribution in [0.15, 0.2) is 0 Å². The lowest BCUT2D eigenvalue weighted by molar-refractivity contribution is 0.0521. The predicted octanol–water partition coefficient (Wildman–Crippen LogP) is 4.87. The zero-order chi connectivity index (χ0) is 18.8. The number of esters is 1. The van der Waals surface area contributed by atoms with E-state index >= 15 is 0 Å². The fraction of sp³-hybridized carbons (Fsp3) is 0.714. The van der Waals surface area contributed by atoms with Gasteiger partial charge in [-0.3, -0.25) is 4.98 Å². The van der Waals surface area contributed by atoms with E-state index in [9.17, 15) is 9.90 Å². The molecule has 140 valence electrons. The maximum atomic E-state index is 12.7. The number of pyridine rings is 1. The van der Waals surface area contributed by atoms with Crippen LogP contribution in [0.1, 0.15) is 105 Å². The highest BCUT2D eigenvalue weighted by Gasteiger charge is 2.36. The number of carbonyl (C=O) groups excluding carboxylic acids is 1. The molecule has 1 aromatic rings. The minimum Gasteiger partial charge on any atom is -0.462 e. The number of hydrogen-bond acceptors (Lipinski definition) is 4. The summed E-state index contributed by atoms with van der Waals surface area (Å²) in [6.07, 6.45) is 3.94. The average molecular weight is 347 g/mol. The summed E-state index contributed by atoms with van der Waals surface area (Å²) in [6.45, 7) is 12.7. The van der Waals surface area contributed by atoms with E-state index in [0.717, 1.165) is 48.2 Å². The van der Waals surface area contributed by atoms with Gasteiger partial charge in [0.2, 0.25) is 0 Å². The minimum atomic E-state index is -0.570. The van der Waals surface area contributed by atoms with Gasteiger partial charge in [0.1, 0.15) is 0 Å². The Balaban J connectivity index is 2.68. The number of nitrogens with zero attached hydrogens (tertiary/aromatic N) is 1. The molecule has 25 heavy (non-hydrogen) atoms. The molecule has 0 radical (unpaired) electrons. The van der Waals surface area contributed by atoms with Gasteiger partial charge < -0.3 is 9.84 Å². The summed E-state index contributed by atoms with van der Waals surface area (Å²) in [4.78, 5) is 17.6. The Labute approximate surface area is 152 Å². The Morgan fingerprint density at radius 2 is 2.04 bits per heavy atom. The number of hydrogen-bond donors (Lipinski definition) is 1. The molecule has 0 fully saturated rings. The quantitative estimate of drug-likeness (QED) is 0.746. The number of fused-ring (bicyclic) bond motifs is 1. The van der Waals surface area contributed by atoms with Crippen LogP contribution < -0.4 is 0 Å². The molecule has 1 aromatic heterocycles. The normalized spacial score (nSPS) is 20.0. The maximum Gasteiger partial charge on any atom is 0.340 e. The van der Waals surface area contributed by atoms with E-state index in [-0.39, 0.29) is 17.3 Å². The monoisotopic (exact) mass is 347 g/mol. The van der Waals surface area contributed by atoms with Crippen molar-refractivity contribution in [1.29, 1.82) is 0 Å². The van der Waals surface area contributed by atoms with Crippen molar-refractivity contribution in [3.63, 3.8) is 0 Å². The van der Waals surface area contributed by atoms with Crippen LogP contribution in [0.4, 0.5) is 0 Å². The highest BCUT2D eigenvalue weighted by molar-refractivity contribution is 5.93. The van der Waals surface area contributed by atoms with Crippen molar-refractivity contribution in [2.24, 2.45) is 5.41 Å². The van der Waals surface area contributed by atoms with E-state index < -0.39 is 6.10 Å². The number of aliphatic hydroxyl groups excluding tert-OH is 1. The second-order valence-electron chi connectivity index (χ2n) is 8.03. The van der Waals surface area contributed by atoms with Crippen LogP contribution in [0.3, 0.4) is 0 Å². The minimum absolute atomic E-state index is 0.0149. The van der Waals surface area contributed by atoms with Gasteiger partial charge in [-0.2, -0.15) is 0 Å². The van der Waals surface area contributed by atoms with Crippen LogP contribution >= 0.6 is 0 Å². The first-order chi connectivity index (χ1) is 11.8. The van der Waals surface area contributed by atoms with Crippen LogP contribution in [0.5, 0.6) is 0 Å². The molecule has 4 heteroatoms. The van der Waals surface area contributed by atoms with Crippen LogP contribution in [-0.2, 0) is 11.2 Å². The fourth-order valence-corrected chi connectivity index (χ4v) is 4.17. The second-order valence-corrected chi connectivity index (χ2v) is 8.03. The lowest BCUT2D eigenvalue weighted by atomic mass is 9.73. The summed E-state index contributed by atoms with van der Waals surface area (Å²) in [7, 11) is 0. The van der Waals surface area contributed by atoms with Crippen molar-refractivity contribution in [3.8, 4) is 0 Å². The van der Waals surface area contributed by atoms with Crippen molar-refractivity contribution >= 4 is 5.97 Å². The molecule has 2 rings (SSSR count). The van der Waals surface area contributed by atoms with E-state index in [1.807, 2.05) is 13.8 Å². The Bertz CT molecular complexity index is 637. The average Bonchev–Trinajstić information content (AvgIpc) is 2.50. The predicted molar refractivity (Wildman–Crippen MR) is 99.9 cm³/mol. The molecule has 1 aliphatic rings. The van der Waals surface area contributed by atoms with E-state index in [2.05, 4.69) is 27.7 Å². The molecule has 0 aliphatic heterocycles. The smallest absolute Gasteiger partial charge is 0.340 e. The van der Waals surface area contributed by atoms with Crippen LogP contribution in [0.2, 0.25) is 0 Å². The Morgan fingerprint density at radius 1 is 1.36 bits per heavy atom.